The monoisotopic (exact) mass is 131 g/mol. The summed E-state index contributed by atoms with van der Waals surface area (Å²) in [5.41, 5.74) is 1.14. The van der Waals surface area contributed by atoms with Gasteiger partial charge in [-0.25, -0.2) is 0 Å². The molecule has 0 bridgehead atoms. The zero-order valence-electron chi connectivity index (χ0n) is 5.09. The van der Waals surface area contributed by atoms with Gasteiger partial charge in [-0.3, -0.25) is 0 Å². The highest BCUT2D eigenvalue weighted by Gasteiger charge is 1.83. The van der Waals surface area contributed by atoms with Crippen LogP contribution in [0.25, 0.3) is 6.08 Å². The van der Waals surface area contributed by atoms with Crippen molar-refractivity contribution in [3.63, 3.8) is 0 Å². The molecular weight excluding hydrogens is 124 g/mol. The summed E-state index contributed by atoms with van der Waals surface area (Å²) in [6.45, 7) is 3.65. The van der Waals surface area contributed by atoms with Crippen LogP contribution >= 0.6 is 0 Å². The Labute approximate surface area is 58.6 Å². The van der Waals surface area contributed by atoms with Gasteiger partial charge in [-0.2, -0.15) is 0 Å². The molecule has 0 aliphatic rings. The van der Waals surface area contributed by atoms with E-state index in [9.17, 15) is 0 Å². The van der Waals surface area contributed by atoms with E-state index in [0.29, 0.717) is 0 Å². The molecular formula is C8H7Si. The van der Waals surface area contributed by atoms with Crippen LogP contribution in [0.15, 0.2) is 30.8 Å². The van der Waals surface area contributed by atoms with E-state index < -0.39 is 0 Å². The summed E-state index contributed by atoms with van der Waals surface area (Å²) in [4.78, 5) is 0. The van der Waals surface area contributed by atoms with Crippen LogP contribution in [0.2, 0.25) is 0 Å². The molecule has 0 aliphatic carbocycles. The molecule has 0 spiro atoms. The summed E-state index contributed by atoms with van der Waals surface area (Å²) in [6.07, 6.45) is 1.82. The molecule has 1 aromatic carbocycles. The molecule has 0 N–H and O–H groups in total. The van der Waals surface area contributed by atoms with Gasteiger partial charge < -0.3 is 0 Å². The van der Waals surface area contributed by atoms with Crippen molar-refractivity contribution < 1.29 is 0 Å². The van der Waals surface area contributed by atoms with Crippen molar-refractivity contribution >= 4 is 21.5 Å². The van der Waals surface area contributed by atoms with Gasteiger partial charge in [-0.05, 0) is 5.56 Å². The highest BCUT2D eigenvalue weighted by molar-refractivity contribution is 6.32. The SMILES string of the molecule is C=Cc1cccc([Si])c1. The maximum atomic E-state index is 3.65. The van der Waals surface area contributed by atoms with E-state index in [0.717, 1.165) is 10.8 Å². The van der Waals surface area contributed by atoms with Gasteiger partial charge in [0.15, 0.2) is 0 Å². The van der Waals surface area contributed by atoms with Gasteiger partial charge in [-0.1, -0.05) is 42.1 Å². The minimum Gasteiger partial charge on any atom is -0.0985 e. The Morgan fingerprint density at radius 3 is 2.67 bits per heavy atom. The van der Waals surface area contributed by atoms with E-state index >= 15 is 0 Å². The van der Waals surface area contributed by atoms with Crippen LogP contribution < -0.4 is 5.19 Å². The smallest absolute Gasteiger partial charge is 0.0712 e. The Balaban J connectivity index is 3.07. The fourth-order valence-electron chi connectivity index (χ4n) is 0.666. The van der Waals surface area contributed by atoms with Crippen molar-refractivity contribution in [2.24, 2.45) is 0 Å². The number of hydrogen-bond acceptors (Lipinski definition) is 0. The van der Waals surface area contributed by atoms with Crippen molar-refractivity contribution in [3.8, 4) is 0 Å². The molecule has 0 heterocycles. The van der Waals surface area contributed by atoms with Gasteiger partial charge in [0.25, 0.3) is 0 Å². The first-order valence-electron chi connectivity index (χ1n) is 2.77. The van der Waals surface area contributed by atoms with Crippen molar-refractivity contribution in [2.45, 2.75) is 0 Å². The fraction of sp³-hybridized carbons (Fsp3) is 0. The highest BCUT2D eigenvalue weighted by Crippen LogP contribution is 1.95. The van der Waals surface area contributed by atoms with Crippen LogP contribution in [0.1, 0.15) is 5.56 Å². The molecule has 0 unspecified atom stereocenters. The third-order valence-electron chi connectivity index (χ3n) is 1.12. The van der Waals surface area contributed by atoms with Crippen LogP contribution in [-0.4, -0.2) is 10.2 Å². The van der Waals surface area contributed by atoms with Gasteiger partial charge in [0.05, 0.1) is 10.2 Å². The Hall–Kier alpha value is -0.823. The van der Waals surface area contributed by atoms with Crippen LogP contribution in [0.5, 0.6) is 0 Å². The lowest BCUT2D eigenvalue weighted by Crippen LogP contribution is -1.99. The zero-order chi connectivity index (χ0) is 6.69. The molecule has 0 atom stereocenters. The fourth-order valence-corrected chi connectivity index (χ4v) is 0.929. The maximum Gasteiger partial charge on any atom is 0.0712 e. The molecule has 1 rings (SSSR count). The lowest BCUT2D eigenvalue weighted by molar-refractivity contribution is 1.71. The largest absolute Gasteiger partial charge is 0.0985 e. The van der Waals surface area contributed by atoms with Crippen LogP contribution in [0.3, 0.4) is 0 Å². The third-order valence-corrected chi connectivity index (χ3v) is 1.43. The first-order valence-corrected chi connectivity index (χ1v) is 3.27. The van der Waals surface area contributed by atoms with Gasteiger partial charge >= 0.3 is 0 Å². The van der Waals surface area contributed by atoms with E-state index in [4.69, 9.17) is 0 Å². The molecule has 43 valence electrons. The lowest BCUT2D eigenvalue weighted by Gasteiger charge is -1.92. The maximum absolute atomic E-state index is 3.65. The number of benzene rings is 1. The second-order valence-electron chi connectivity index (χ2n) is 1.83. The average molecular weight is 131 g/mol. The molecule has 1 aromatic rings. The third kappa shape index (κ3) is 1.54. The molecule has 0 saturated carbocycles. The highest BCUT2D eigenvalue weighted by atomic mass is 28.1. The molecule has 0 nitrogen and oxygen atoms in total. The molecule has 0 fully saturated rings. The predicted molar refractivity (Wildman–Crippen MR) is 41.9 cm³/mol. The number of rotatable bonds is 1. The quantitative estimate of drug-likeness (QED) is 0.501. The minimum absolute atomic E-state index is 1.09. The second-order valence-corrected chi connectivity index (χ2v) is 2.41. The van der Waals surface area contributed by atoms with Gasteiger partial charge in [0.2, 0.25) is 0 Å². The summed E-state index contributed by atoms with van der Waals surface area (Å²) in [6, 6.07) is 8.00. The number of hydrogen-bond donors (Lipinski definition) is 0. The first-order chi connectivity index (χ1) is 4.33. The Bertz CT molecular complexity index is 216. The lowest BCUT2D eigenvalue weighted by atomic mass is 10.2. The Morgan fingerprint density at radius 1 is 1.44 bits per heavy atom. The molecule has 0 amide bonds. The second kappa shape index (κ2) is 2.64. The van der Waals surface area contributed by atoms with Crippen molar-refractivity contribution in [3.05, 3.63) is 36.4 Å². The summed E-state index contributed by atoms with van der Waals surface area (Å²) in [5.74, 6) is 0. The molecule has 0 aliphatic heterocycles. The predicted octanol–water partition coefficient (Wildman–Crippen LogP) is 1.12. The summed E-state index contributed by atoms with van der Waals surface area (Å²) in [7, 11) is 3.40. The van der Waals surface area contributed by atoms with Gasteiger partial charge in [0, 0.05) is 0 Å². The van der Waals surface area contributed by atoms with Crippen LogP contribution in [0, 0.1) is 0 Å². The summed E-state index contributed by atoms with van der Waals surface area (Å²) in [5, 5.41) is 1.09. The molecule has 3 radical (unpaired) electrons. The average Bonchev–Trinajstić information content (AvgIpc) is 1.88. The topological polar surface area (TPSA) is 0 Å². The Kier molecular flexibility index (Phi) is 1.85. The zero-order valence-corrected chi connectivity index (χ0v) is 6.09. The van der Waals surface area contributed by atoms with Crippen LogP contribution in [0.4, 0.5) is 0 Å². The summed E-state index contributed by atoms with van der Waals surface area (Å²) < 4.78 is 0. The normalized spacial score (nSPS) is 9.00. The molecule has 9 heavy (non-hydrogen) atoms. The molecule has 0 saturated heterocycles. The van der Waals surface area contributed by atoms with E-state index in [1.54, 1.807) is 0 Å². The molecule has 1 heteroatoms. The first kappa shape index (κ1) is 6.30. The summed E-state index contributed by atoms with van der Waals surface area (Å²) >= 11 is 0. The van der Waals surface area contributed by atoms with Gasteiger partial charge in [-0.15, -0.1) is 0 Å². The van der Waals surface area contributed by atoms with Crippen molar-refractivity contribution in [1.29, 1.82) is 0 Å². The van der Waals surface area contributed by atoms with E-state index in [2.05, 4.69) is 16.8 Å². The van der Waals surface area contributed by atoms with Gasteiger partial charge in [0.1, 0.15) is 0 Å². The standard InChI is InChI=1S/C8H7Si/c1-2-7-4-3-5-8(9)6-7/h2-6H,1H2. The van der Waals surface area contributed by atoms with E-state index in [1.807, 2.05) is 30.3 Å². The molecule has 0 aromatic heterocycles. The minimum atomic E-state index is 1.09. The van der Waals surface area contributed by atoms with E-state index in [1.165, 1.54) is 0 Å². The Morgan fingerprint density at radius 2 is 2.22 bits per heavy atom. The van der Waals surface area contributed by atoms with E-state index in [-0.39, 0.29) is 0 Å². The van der Waals surface area contributed by atoms with Crippen molar-refractivity contribution in [2.75, 3.05) is 0 Å². The van der Waals surface area contributed by atoms with Crippen molar-refractivity contribution in [1.82, 2.24) is 0 Å². The van der Waals surface area contributed by atoms with Crippen LogP contribution in [-0.2, 0) is 0 Å².